The summed E-state index contributed by atoms with van der Waals surface area (Å²) in [7, 11) is 0. The molecule has 0 aromatic carbocycles. The van der Waals surface area contributed by atoms with Crippen molar-refractivity contribution in [3.63, 3.8) is 0 Å². The molecule has 0 saturated carbocycles. The zero-order valence-corrected chi connectivity index (χ0v) is 53.1. The first-order valence-corrected chi connectivity index (χ1v) is 34.8. The second kappa shape index (κ2) is 70.1. The molecule has 0 aliphatic rings. The van der Waals surface area contributed by atoms with Crippen LogP contribution in [0, 0.1) is 0 Å². The van der Waals surface area contributed by atoms with E-state index in [4.69, 9.17) is 9.47 Å². The van der Waals surface area contributed by atoms with E-state index in [2.05, 4.69) is 111 Å². The Morgan fingerprint density at radius 1 is 0.300 bits per heavy atom. The maximum atomic E-state index is 12.4. The Hall–Kier alpha value is -3.18. The van der Waals surface area contributed by atoms with Crippen molar-refractivity contribution in [1.82, 2.24) is 0 Å². The van der Waals surface area contributed by atoms with Gasteiger partial charge in [-0.3, -0.25) is 9.59 Å². The number of unbranched alkanes of at least 4 members (excludes halogenated alkanes) is 40. The third kappa shape index (κ3) is 67.3. The Morgan fingerprint density at radius 2 is 0.537 bits per heavy atom. The lowest BCUT2D eigenvalue weighted by Gasteiger charge is -2.15. The second-order valence-electron chi connectivity index (χ2n) is 23.2. The topological polar surface area (TPSA) is 72.8 Å². The van der Waals surface area contributed by atoms with Crippen LogP contribution in [0.1, 0.15) is 348 Å². The average Bonchev–Trinajstić information content (AvgIpc) is 3.46. The molecule has 0 aromatic rings. The number of hydrogen-bond donors (Lipinski definition) is 1. The Morgan fingerprint density at radius 3 is 0.812 bits per heavy atom. The van der Waals surface area contributed by atoms with E-state index in [9.17, 15) is 14.7 Å². The first-order chi connectivity index (χ1) is 39.6. The molecule has 1 N–H and O–H groups in total. The Bertz CT molecular complexity index is 1500. The largest absolute Gasteiger partial charge is 0.462 e. The van der Waals surface area contributed by atoms with Crippen LogP contribution < -0.4 is 0 Å². The summed E-state index contributed by atoms with van der Waals surface area (Å²) in [5.41, 5.74) is 0. The van der Waals surface area contributed by atoms with Crippen molar-refractivity contribution in [3.8, 4) is 0 Å². The molecule has 0 saturated heterocycles. The summed E-state index contributed by atoms with van der Waals surface area (Å²) in [4.78, 5) is 24.6. The quantitative estimate of drug-likeness (QED) is 0.0373. The highest BCUT2D eigenvalue weighted by Crippen LogP contribution is 2.18. The third-order valence-corrected chi connectivity index (χ3v) is 15.4. The highest BCUT2D eigenvalue weighted by molar-refractivity contribution is 5.70. The summed E-state index contributed by atoms with van der Waals surface area (Å²) in [6.07, 6.45) is 100. The number of hydrogen-bond acceptors (Lipinski definition) is 5. The SMILES string of the molecule is CC/C=C\C/C=C\C/C=C\C/C=C\C/C=C\CCCCCCCCCCCCCCCCCCCCCCCCCCCC(=O)OC(CO)COC(=O)CCCCCCCCCCCC/C=C\C/C=C\C/C=C\CCCCCCC. The smallest absolute Gasteiger partial charge is 0.306 e. The predicted octanol–water partition coefficient (Wildman–Crippen LogP) is 24.2. The minimum Gasteiger partial charge on any atom is -0.462 e. The first kappa shape index (κ1) is 76.8. The van der Waals surface area contributed by atoms with Crippen LogP contribution in [0.15, 0.2) is 97.2 Å². The van der Waals surface area contributed by atoms with Crippen LogP contribution in [0.4, 0.5) is 0 Å². The minimum absolute atomic E-state index is 0.0671. The van der Waals surface area contributed by atoms with E-state index < -0.39 is 6.10 Å². The summed E-state index contributed by atoms with van der Waals surface area (Å²) in [5, 5.41) is 9.70. The molecule has 0 aliphatic heterocycles. The van der Waals surface area contributed by atoms with Gasteiger partial charge in [0.25, 0.3) is 0 Å². The van der Waals surface area contributed by atoms with Gasteiger partial charge in [0.05, 0.1) is 6.61 Å². The molecule has 0 rings (SSSR count). The van der Waals surface area contributed by atoms with Crippen LogP contribution in [0.2, 0.25) is 0 Å². The van der Waals surface area contributed by atoms with Gasteiger partial charge in [-0.1, -0.05) is 336 Å². The van der Waals surface area contributed by atoms with Gasteiger partial charge in [0.15, 0.2) is 6.10 Å². The van der Waals surface area contributed by atoms with Crippen LogP contribution in [-0.4, -0.2) is 36.4 Å². The Labute approximate surface area is 498 Å². The summed E-state index contributed by atoms with van der Waals surface area (Å²) >= 11 is 0. The van der Waals surface area contributed by atoms with E-state index in [-0.39, 0.29) is 25.2 Å². The van der Waals surface area contributed by atoms with Crippen molar-refractivity contribution in [2.75, 3.05) is 13.2 Å². The number of rotatable bonds is 64. The van der Waals surface area contributed by atoms with Crippen molar-refractivity contribution in [3.05, 3.63) is 97.2 Å². The van der Waals surface area contributed by atoms with Crippen LogP contribution >= 0.6 is 0 Å². The van der Waals surface area contributed by atoms with Gasteiger partial charge in [0, 0.05) is 12.8 Å². The summed E-state index contributed by atoms with van der Waals surface area (Å²) < 4.78 is 10.8. The summed E-state index contributed by atoms with van der Waals surface area (Å²) in [6, 6.07) is 0. The third-order valence-electron chi connectivity index (χ3n) is 15.4. The first-order valence-electron chi connectivity index (χ1n) is 34.8. The van der Waals surface area contributed by atoms with Crippen molar-refractivity contribution in [2.45, 2.75) is 354 Å². The van der Waals surface area contributed by atoms with Gasteiger partial charge < -0.3 is 14.6 Å². The van der Waals surface area contributed by atoms with E-state index in [1.165, 1.54) is 238 Å². The zero-order valence-electron chi connectivity index (χ0n) is 53.1. The van der Waals surface area contributed by atoms with Crippen LogP contribution in [0.25, 0.3) is 0 Å². The lowest BCUT2D eigenvalue weighted by atomic mass is 10.0. The molecule has 462 valence electrons. The molecule has 0 aliphatic carbocycles. The van der Waals surface area contributed by atoms with Crippen molar-refractivity contribution < 1.29 is 24.2 Å². The molecule has 1 unspecified atom stereocenters. The van der Waals surface area contributed by atoms with E-state index in [0.29, 0.717) is 12.8 Å². The van der Waals surface area contributed by atoms with E-state index in [1.54, 1.807) is 0 Å². The average molecular weight is 1110 g/mol. The minimum atomic E-state index is -0.777. The van der Waals surface area contributed by atoms with Gasteiger partial charge in [-0.2, -0.15) is 0 Å². The molecule has 0 radical (unpaired) electrons. The Kier molecular flexibility index (Phi) is 67.3. The second-order valence-corrected chi connectivity index (χ2v) is 23.2. The van der Waals surface area contributed by atoms with Gasteiger partial charge in [-0.25, -0.2) is 0 Å². The number of carbonyl (C=O) groups excluding carboxylic acids is 2. The predicted molar refractivity (Wildman–Crippen MR) is 352 cm³/mol. The number of esters is 2. The van der Waals surface area contributed by atoms with Gasteiger partial charge >= 0.3 is 11.9 Å². The lowest BCUT2D eigenvalue weighted by Crippen LogP contribution is -2.28. The van der Waals surface area contributed by atoms with Crippen molar-refractivity contribution >= 4 is 11.9 Å². The fourth-order valence-corrected chi connectivity index (χ4v) is 10.2. The lowest BCUT2D eigenvalue weighted by molar-refractivity contribution is -0.161. The normalized spacial score (nSPS) is 12.8. The van der Waals surface area contributed by atoms with Gasteiger partial charge in [0.2, 0.25) is 0 Å². The molecule has 1 atom stereocenters. The number of allylic oxidation sites excluding steroid dienone is 16. The molecule has 0 fully saturated rings. The molecule has 0 amide bonds. The fourth-order valence-electron chi connectivity index (χ4n) is 10.2. The molecule has 0 aromatic heterocycles. The summed E-state index contributed by atoms with van der Waals surface area (Å²) in [5.74, 6) is -0.581. The molecular formula is C75H132O5. The zero-order chi connectivity index (χ0) is 57.6. The highest BCUT2D eigenvalue weighted by atomic mass is 16.6. The molecule has 0 bridgehead atoms. The molecular weight excluding hydrogens is 981 g/mol. The molecule has 0 heterocycles. The van der Waals surface area contributed by atoms with Gasteiger partial charge in [-0.15, -0.1) is 0 Å². The maximum Gasteiger partial charge on any atom is 0.306 e. The van der Waals surface area contributed by atoms with E-state index in [1.807, 2.05) is 0 Å². The van der Waals surface area contributed by atoms with E-state index in [0.717, 1.165) is 83.5 Å². The standard InChI is InChI=1S/C75H132O5/c1-3-5-7-9-11-13-15-17-19-21-23-25-27-29-30-31-32-33-34-35-36-37-38-39-40-41-42-43-44-46-48-50-52-54-56-58-60-62-64-66-68-70-75(78)80-73(71-76)72-79-74(77)69-67-65-63-61-59-57-55-53-51-49-47-45-28-26-24-22-20-18-16-14-12-10-8-6-4-2/h5,7,11,13,16-19,22-25,28-30,45,73,76H,3-4,6,8-10,12,14-15,20-21,26-27,31-44,46-72H2,1-2H3/b7-5-,13-11-,18-16-,19-17-,24-22-,25-23-,30-29-,45-28-. The van der Waals surface area contributed by atoms with Crippen LogP contribution in [0.3, 0.4) is 0 Å². The number of aliphatic hydroxyl groups excluding tert-OH is 1. The highest BCUT2D eigenvalue weighted by Gasteiger charge is 2.16. The molecule has 80 heavy (non-hydrogen) atoms. The fraction of sp³-hybridized carbons (Fsp3) is 0.760. The van der Waals surface area contributed by atoms with Gasteiger partial charge in [0.1, 0.15) is 6.61 Å². The number of ether oxygens (including phenoxy) is 2. The van der Waals surface area contributed by atoms with Crippen molar-refractivity contribution in [1.29, 1.82) is 0 Å². The number of aliphatic hydroxyl groups is 1. The van der Waals surface area contributed by atoms with Gasteiger partial charge in [-0.05, 0) is 96.3 Å². The number of carbonyl (C=O) groups is 2. The summed E-state index contributed by atoms with van der Waals surface area (Å²) in [6.45, 7) is 4.05. The van der Waals surface area contributed by atoms with E-state index >= 15 is 0 Å². The molecule has 5 nitrogen and oxygen atoms in total. The molecule has 0 spiro atoms. The maximum absolute atomic E-state index is 12.4. The van der Waals surface area contributed by atoms with Crippen LogP contribution in [-0.2, 0) is 19.1 Å². The molecule has 5 heteroatoms. The Balaban J connectivity index is 3.42. The monoisotopic (exact) mass is 1110 g/mol. The van der Waals surface area contributed by atoms with Crippen LogP contribution in [0.5, 0.6) is 0 Å². The van der Waals surface area contributed by atoms with Crippen molar-refractivity contribution in [2.24, 2.45) is 0 Å².